The lowest BCUT2D eigenvalue weighted by Gasteiger charge is -2.31. The summed E-state index contributed by atoms with van der Waals surface area (Å²) in [6, 6.07) is 3.31. The monoisotopic (exact) mass is 302 g/mol. The van der Waals surface area contributed by atoms with Crippen LogP contribution in [0.3, 0.4) is 0 Å². The number of hydrogen-bond donors (Lipinski definition) is 1. The number of hydrogen-bond acceptors (Lipinski definition) is 3. The summed E-state index contributed by atoms with van der Waals surface area (Å²) < 4.78 is 5.29. The molecular weight excluding hydrogens is 287 g/mol. The molecule has 0 bridgehead atoms. The van der Waals surface area contributed by atoms with E-state index in [0.29, 0.717) is 29.5 Å². The number of nitrogens with zero attached hydrogens (tertiary/aromatic N) is 1. The maximum atomic E-state index is 12.4. The van der Waals surface area contributed by atoms with E-state index in [-0.39, 0.29) is 17.0 Å². The average molecular weight is 303 g/mol. The molecular formula is C13H16Cl2N2O2. The Kier molecular flexibility index (Phi) is 4.55. The lowest BCUT2D eigenvalue weighted by molar-refractivity contribution is 0.0362. The van der Waals surface area contributed by atoms with E-state index in [1.807, 2.05) is 0 Å². The second kappa shape index (κ2) is 5.99. The van der Waals surface area contributed by atoms with Crippen LogP contribution in [0, 0.1) is 0 Å². The molecule has 6 heteroatoms. The highest BCUT2D eigenvalue weighted by molar-refractivity contribution is 6.43. The van der Waals surface area contributed by atoms with E-state index in [2.05, 4.69) is 0 Å². The second-order valence-corrected chi connectivity index (χ2v) is 5.41. The fraction of sp³-hybridized carbons (Fsp3) is 0.462. The predicted molar refractivity (Wildman–Crippen MR) is 76.8 cm³/mol. The highest BCUT2D eigenvalue weighted by Crippen LogP contribution is 2.30. The fourth-order valence-corrected chi connectivity index (χ4v) is 2.51. The maximum Gasteiger partial charge on any atom is 0.253 e. The zero-order valence-electron chi connectivity index (χ0n) is 10.7. The van der Waals surface area contributed by atoms with Gasteiger partial charge in [-0.05, 0) is 25.0 Å². The molecule has 2 rings (SSSR count). The molecule has 0 aromatic heterocycles. The molecule has 1 fully saturated rings. The third-order valence-corrected chi connectivity index (χ3v) is 4.18. The van der Waals surface area contributed by atoms with Gasteiger partial charge in [-0.2, -0.15) is 0 Å². The summed E-state index contributed by atoms with van der Waals surface area (Å²) in [6.07, 6.45) is 1.69. The summed E-state index contributed by atoms with van der Waals surface area (Å²) in [4.78, 5) is 14.1. The molecule has 1 heterocycles. The van der Waals surface area contributed by atoms with Gasteiger partial charge in [0, 0.05) is 31.9 Å². The number of amides is 1. The van der Waals surface area contributed by atoms with Crippen molar-refractivity contribution >= 4 is 34.8 Å². The Morgan fingerprint density at radius 3 is 2.58 bits per heavy atom. The van der Waals surface area contributed by atoms with Crippen LogP contribution in [0.15, 0.2) is 12.1 Å². The number of rotatable bonds is 2. The number of carbonyl (C=O) groups excluding carboxylic acids is 1. The Hall–Kier alpha value is -0.970. The van der Waals surface area contributed by atoms with Crippen molar-refractivity contribution < 1.29 is 9.53 Å². The number of ether oxygens (including phenoxy) is 1. The minimum absolute atomic E-state index is 0.0998. The van der Waals surface area contributed by atoms with Gasteiger partial charge < -0.3 is 15.4 Å². The van der Waals surface area contributed by atoms with E-state index >= 15 is 0 Å². The van der Waals surface area contributed by atoms with Crippen molar-refractivity contribution in [1.82, 2.24) is 4.90 Å². The highest BCUT2D eigenvalue weighted by Gasteiger charge is 2.24. The quantitative estimate of drug-likeness (QED) is 0.855. The Morgan fingerprint density at radius 1 is 1.37 bits per heavy atom. The molecule has 1 aromatic carbocycles. The average Bonchev–Trinajstić information content (AvgIpc) is 2.43. The van der Waals surface area contributed by atoms with Crippen LogP contribution >= 0.6 is 23.2 Å². The van der Waals surface area contributed by atoms with Crippen molar-refractivity contribution in [3.8, 4) is 0 Å². The number of nitrogen functional groups attached to an aromatic ring is 1. The smallest absolute Gasteiger partial charge is 0.253 e. The summed E-state index contributed by atoms with van der Waals surface area (Å²) in [5, 5.41) is 0.581. The molecule has 0 spiro atoms. The molecule has 104 valence electrons. The summed E-state index contributed by atoms with van der Waals surface area (Å²) in [6.45, 7) is 1.37. The third kappa shape index (κ3) is 3.14. The van der Waals surface area contributed by atoms with E-state index in [0.717, 1.165) is 12.8 Å². The van der Waals surface area contributed by atoms with Gasteiger partial charge in [0.1, 0.15) is 0 Å². The van der Waals surface area contributed by atoms with Crippen LogP contribution in [0.5, 0.6) is 0 Å². The first-order valence-electron chi connectivity index (χ1n) is 6.10. The van der Waals surface area contributed by atoms with Gasteiger partial charge in [0.15, 0.2) is 0 Å². The highest BCUT2D eigenvalue weighted by atomic mass is 35.5. The number of carbonyl (C=O) groups is 1. The first kappa shape index (κ1) is 14.4. The standard InChI is InChI=1S/C13H16Cl2N2O2/c1-17(9-2-4-19-5-3-9)13(18)8-6-10(14)12(15)11(16)7-8/h6-7,9H,2-5,16H2,1H3. The number of nitrogens with two attached hydrogens (primary N) is 1. The first-order chi connectivity index (χ1) is 9.00. The molecule has 0 aliphatic carbocycles. The Morgan fingerprint density at radius 2 is 2.00 bits per heavy atom. The van der Waals surface area contributed by atoms with Crippen molar-refractivity contribution in [1.29, 1.82) is 0 Å². The molecule has 0 atom stereocenters. The van der Waals surface area contributed by atoms with Crippen LogP contribution in [0.2, 0.25) is 10.0 Å². The van der Waals surface area contributed by atoms with Gasteiger partial charge in [-0.15, -0.1) is 0 Å². The molecule has 2 N–H and O–H groups in total. The van der Waals surface area contributed by atoms with Crippen LogP contribution in [0.4, 0.5) is 5.69 Å². The lowest BCUT2D eigenvalue weighted by atomic mass is 10.1. The summed E-state index contributed by atoms with van der Waals surface area (Å²) >= 11 is 11.8. The van der Waals surface area contributed by atoms with Gasteiger partial charge in [0.05, 0.1) is 15.7 Å². The first-order valence-corrected chi connectivity index (χ1v) is 6.85. The Balaban J connectivity index is 2.18. The molecule has 19 heavy (non-hydrogen) atoms. The fourth-order valence-electron chi connectivity index (χ4n) is 2.18. The number of halogens is 2. The maximum absolute atomic E-state index is 12.4. The van der Waals surface area contributed by atoms with Gasteiger partial charge in [0.25, 0.3) is 5.91 Å². The normalized spacial score (nSPS) is 16.4. The molecule has 1 saturated heterocycles. The third-order valence-electron chi connectivity index (χ3n) is 3.36. The molecule has 0 unspecified atom stereocenters. The van der Waals surface area contributed by atoms with Crippen molar-refractivity contribution in [3.05, 3.63) is 27.7 Å². The van der Waals surface area contributed by atoms with Gasteiger partial charge in [-0.1, -0.05) is 23.2 Å². The van der Waals surface area contributed by atoms with Crippen molar-refractivity contribution in [2.45, 2.75) is 18.9 Å². The van der Waals surface area contributed by atoms with Gasteiger partial charge in [0.2, 0.25) is 0 Å². The van der Waals surface area contributed by atoms with Crippen LogP contribution in [0.25, 0.3) is 0 Å². The van der Waals surface area contributed by atoms with E-state index in [9.17, 15) is 4.79 Å². The number of benzene rings is 1. The van der Waals surface area contributed by atoms with E-state index in [4.69, 9.17) is 33.7 Å². The van der Waals surface area contributed by atoms with Crippen LogP contribution in [-0.2, 0) is 4.74 Å². The van der Waals surface area contributed by atoms with E-state index in [1.165, 1.54) is 0 Å². The van der Waals surface area contributed by atoms with Gasteiger partial charge in [-0.25, -0.2) is 0 Å². The van der Waals surface area contributed by atoms with Gasteiger partial charge in [-0.3, -0.25) is 4.79 Å². The largest absolute Gasteiger partial charge is 0.397 e. The summed E-state index contributed by atoms with van der Waals surface area (Å²) in [7, 11) is 1.79. The van der Waals surface area contributed by atoms with Gasteiger partial charge >= 0.3 is 0 Å². The topological polar surface area (TPSA) is 55.6 Å². The molecule has 1 aliphatic rings. The molecule has 1 aliphatic heterocycles. The second-order valence-electron chi connectivity index (χ2n) is 4.62. The molecule has 0 radical (unpaired) electrons. The Bertz CT molecular complexity index is 465. The molecule has 0 saturated carbocycles. The molecule has 4 nitrogen and oxygen atoms in total. The van der Waals surface area contributed by atoms with Crippen molar-refractivity contribution in [2.24, 2.45) is 0 Å². The van der Waals surface area contributed by atoms with E-state index in [1.54, 1.807) is 24.1 Å². The minimum Gasteiger partial charge on any atom is -0.397 e. The summed E-state index contributed by atoms with van der Waals surface area (Å²) in [5.41, 5.74) is 6.51. The molecule has 1 amide bonds. The van der Waals surface area contributed by atoms with Crippen LogP contribution in [0.1, 0.15) is 23.2 Å². The zero-order chi connectivity index (χ0) is 14.0. The summed E-state index contributed by atoms with van der Waals surface area (Å²) in [5.74, 6) is -0.0998. The minimum atomic E-state index is -0.0998. The van der Waals surface area contributed by atoms with Crippen LogP contribution < -0.4 is 5.73 Å². The lowest BCUT2D eigenvalue weighted by Crippen LogP contribution is -2.40. The van der Waals surface area contributed by atoms with Crippen molar-refractivity contribution in [3.63, 3.8) is 0 Å². The SMILES string of the molecule is CN(C(=O)c1cc(N)c(Cl)c(Cl)c1)C1CCOCC1. The van der Waals surface area contributed by atoms with Crippen LogP contribution in [-0.4, -0.2) is 37.1 Å². The van der Waals surface area contributed by atoms with Crippen molar-refractivity contribution in [2.75, 3.05) is 26.0 Å². The predicted octanol–water partition coefficient (Wildman–Crippen LogP) is 2.83. The Labute approximate surface area is 122 Å². The van der Waals surface area contributed by atoms with E-state index < -0.39 is 0 Å². The molecule has 1 aromatic rings. The zero-order valence-corrected chi connectivity index (χ0v) is 12.2. The number of anilines is 1.